The third-order valence-electron chi connectivity index (χ3n) is 5.02. The van der Waals surface area contributed by atoms with Gasteiger partial charge in [-0.25, -0.2) is 4.98 Å². The standard InChI is InChI=1S/C23H18N6O4/c1-14-4-3-5-19-15(2)10-20(26-22(14)19)28-23(16(11-24)12-25-28)27-21(30)13-33-18-8-6-17(7-9-18)29(31)32/h3-10,12H,13H2,1-2H3,(H,27,30). The SMILES string of the molecule is Cc1cc(-n2ncc(C#N)c2NC(=O)COc2ccc([N+](=O)[O-])cc2)nc2c(C)cccc12. The van der Waals surface area contributed by atoms with Crippen molar-refractivity contribution in [1.29, 1.82) is 5.26 Å². The molecule has 4 rings (SSSR count). The topological polar surface area (TPSA) is 136 Å². The molecule has 0 bridgehead atoms. The molecule has 2 heterocycles. The molecule has 0 unspecified atom stereocenters. The van der Waals surface area contributed by atoms with Crippen molar-refractivity contribution in [2.24, 2.45) is 0 Å². The number of nitro benzene ring substituents is 1. The number of rotatable bonds is 6. The molecule has 10 heteroatoms. The summed E-state index contributed by atoms with van der Waals surface area (Å²) in [5, 5.41) is 28.1. The van der Waals surface area contributed by atoms with Crippen LogP contribution in [0, 0.1) is 35.3 Å². The molecule has 33 heavy (non-hydrogen) atoms. The van der Waals surface area contributed by atoms with Gasteiger partial charge in [-0.2, -0.15) is 15.0 Å². The Balaban J connectivity index is 1.58. The lowest BCUT2D eigenvalue weighted by Gasteiger charge is -2.12. The Hall–Kier alpha value is -4.78. The van der Waals surface area contributed by atoms with E-state index in [1.807, 2.05) is 44.2 Å². The van der Waals surface area contributed by atoms with Gasteiger partial charge in [0, 0.05) is 17.5 Å². The van der Waals surface area contributed by atoms with E-state index in [4.69, 9.17) is 9.72 Å². The first kappa shape index (κ1) is 21.5. The zero-order chi connectivity index (χ0) is 23.5. The van der Waals surface area contributed by atoms with Gasteiger partial charge in [0.15, 0.2) is 18.2 Å². The third-order valence-corrected chi connectivity index (χ3v) is 5.02. The number of nitriles is 1. The maximum atomic E-state index is 12.5. The van der Waals surface area contributed by atoms with E-state index in [1.54, 1.807) is 0 Å². The number of aryl methyl sites for hydroxylation is 2. The van der Waals surface area contributed by atoms with Crippen LogP contribution in [0.3, 0.4) is 0 Å². The molecule has 0 aliphatic rings. The Labute approximate surface area is 188 Å². The minimum absolute atomic E-state index is 0.0808. The molecule has 0 spiro atoms. The smallest absolute Gasteiger partial charge is 0.269 e. The van der Waals surface area contributed by atoms with Crippen LogP contribution in [0.25, 0.3) is 16.7 Å². The number of para-hydroxylation sites is 1. The molecule has 4 aromatic rings. The van der Waals surface area contributed by atoms with Gasteiger partial charge < -0.3 is 10.1 Å². The fourth-order valence-electron chi connectivity index (χ4n) is 3.36. The fourth-order valence-corrected chi connectivity index (χ4v) is 3.36. The number of aromatic nitrogens is 3. The van der Waals surface area contributed by atoms with Crippen LogP contribution in [0.5, 0.6) is 5.75 Å². The van der Waals surface area contributed by atoms with Gasteiger partial charge in [0.2, 0.25) is 0 Å². The van der Waals surface area contributed by atoms with Crippen molar-refractivity contribution in [3.63, 3.8) is 0 Å². The fraction of sp³-hybridized carbons (Fsp3) is 0.130. The van der Waals surface area contributed by atoms with Crippen molar-refractivity contribution in [3.05, 3.63) is 81.5 Å². The summed E-state index contributed by atoms with van der Waals surface area (Å²) < 4.78 is 6.80. The Morgan fingerprint density at radius 1 is 1.21 bits per heavy atom. The number of carbonyl (C=O) groups excluding carboxylic acids is 1. The summed E-state index contributed by atoms with van der Waals surface area (Å²) in [7, 11) is 0. The van der Waals surface area contributed by atoms with Crippen molar-refractivity contribution >= 4 is 28.3 Å². The first-order valence-electron chi connectivity index (χ1n) is 9.90. The summed E-state index contributed by atoms with van der Waals surface area (Å²) in [6, 6.07) is 15.1. The van der Waals surface area contributed by atoms with Crippen LogP contribution >= 0.6 is 0 Å². The molecule has 164 valence electrons. The molecule has 0 saturated heterocycles. The second-order valence-corrected chi connectivity index (χ2v) is 7.29. The number of hydrogen-bond acceptors (Lipinski definition) is 7. The highest BCUT2D eigenvalue weighted by Gasteiger charge is 2.18. The van der Waals surface area contributed by atoms with Gasteiger partial charge in [-0.05, 0) is 43.2 Å². The summed E-state index contributed by atoms with van der Waals surface area (Å²) in [5.41, 5.74) is 2.87. The molecule has 0 atom stereocenters. The minimum atomic E-state index is -0.528. The summed E-state index contributed by atoms with van der Waals surface area (Å²) in [4.78, 5) is 27.4. The number of carbonyl (C=O) groups is 1. The Morgan fingerprint density at radius 3 is 2.67 bits per heavy atom. The number of pyridine rings is 1. The minimum Gasteiger partial charge on any atom is -0.484 e. The van der Waals surface area contributed by atoms with E-state index < -0.39 is 10.8 Å². The number of nitro groups is 1. The van der Waals surface area contributed by atoms with Crippen molar-refractivity contribution in [2.75, 3.05) is 11.9 Å². The van der Waals surface area contributed by atoms with E-state index in [1.165, 1.54) is 35.1 Å². The number of nitrogens with one attached hydrogen (secondary N) is 1. The van der Waals surface area contributed by atoms with Crippen LogP contribution in [0.15, 0.2) is 54.7 Å². The van der Waals surface area contributed by atoms with Crippen molar-refractivity contribution in [2.45, 2.75) is 13.8 Å². The van der Waals surface area contributed by atoms with Crippen LogP contribution in [0.4, 0.5) is 11.5 Å². The number of nitrogens with zero attached hydrogens (tertiary/aromatic N) is 5. The molecular formula is C23H18N6O4. The number of benzene rings is 2. The number of non-ortho nitro benzene ring substituents is 1. The van der Waals surface area contributed by atoms with Gasteiger partial charge in [0.05, 0.1) is 16.6 Å². The highest BCUT2D eigenvalue weighted by Crippen LogP contribution is 2.25. The van der Waals surface area contributed by atoms with Crippen LogP contribution in [-0.4, -0.2) is 32.2 Å². The molecule has 2 aromatic heterocycles. The van der Waals surface area contributed by atoms with E-state index in [9.17, 15) is 20.2 Å². The van der Waals surface area contributed by atoms with E-state index in [-0.39, 0.29) is 23.7 Å². The van der Waals surface area contributed by atoms with Crippen LogP contribution in [-0.2, 0) is 4.79 Å². The number of amides is 1. The maximum Gasteiger partial charge on any atom is 0.269 e. The van der Waals surface area contributed by atoms with E-state index in [2.05, 4.69) is 10.4 Å². The van der Waals surface area contributed by atoms with E-state index in [0.29, 0.717) is 11.6 Å². The highest BCUT2D eigenvalue weighted by molar-refractivity contribution is 5.92. The first-order chi connectivity index (χ1) is 15.9. The predicted octanol–water partition coefficient (Wildman–Crippen LogP) is 3.83. The van der Waals surface area contributed by atoms with Gasteiger partial charge in [-0.1, -0.05) is 18.2 Å². The molecule has 0 fully saturated rings. The normalized spacial score (nSPS) is 10.6. The molecule has 1 amide bonds. The zero-order valence-electron chi connectivity index (χ0n) is 17.8. The highest BCUT2D eigenvalue weighted by atomic mass is 16.6. The van der Waals surface area contributed by atoms with Crippen LogP contribution in [0.1, 0.15) is 16.7 Å². The molecule has 10 nitrogen and oxygen atoms in total. The van der Waals surface area contributed by atoms with Crippen LogP contribution < -0.4 is 10.1 Å². The number of fused-ring (bicyclic) bond motifs is 1. The molecule has 0 saturated carbocycles. The number of ether oxygens (including phenoxy) is 1. The lowest BCUT2D eigenvalue weighted by Crippen LogP contribution is -2.22. The van der Waals surface area contributed by atoms with Crippen molar-refractivity contribution in [3.8, 4) is 17.6 Å². The molecule has 2 aromatic carbocycles. The van der Waals surface area contributed by atoms with Gasteiger partial charge in [0.1, 0.15) is 17.4 Å². The summed E-state index contributed by atoms with van der Waals surface area (Å²) in [6.07, 6.45) is 1.35. The summed E-state index contributed by atoms with van der Waals surface area (Å²) in [5.74, 6) is 0.407. The number of hydrogen-bond donors (Lipinski definition) is 1. The molecule has 0 aliphatic carbocycles. The van der Waals surface area contributed by atoms with Gasteiger partial charge in [0.25, 0.3) is 11.6 Å². The summed E-state index contributed by atoms with van der Waals surface area (Å²) in [6.45, 7) is 3.55. The maximum absolute atomic E-state index is 12.5. The Morgan fingerprint density at radius 2 is 1.97 bits per heavy atom. The van der Waals surface area contributed by atoms with E-state index in [0.717, 1.165) is 22.0 Å². The molecule has 0 radical (unpaired) electrons. The monoisotopic (exact) mass is 442 g/mol. The quantitative estimate of drug-likeness (QED) is 0.354. The van der Waals surface area contributed by atoms with Gasteiger partial charge in [-0.3, -0.25) is 14.9 Å². The van der Waals surface area contributed by atoms with Crippen LogP contribution in [0.2, 0.25) is 0 Å². The van der Waals surface area contributed by atoms with Gasteiger partial charge in [-0.15, -0.1) is 0 Å². The Kier molecular flexibility index (Phi) is 5.69. The predicted molar refractivity (Wildman–Crippen MR) is 120 cm³/mol. The Bertz CT molecular complexity index is 1420. The first-order valence-corrected chi connectivity index (χ1v) is 9.90. The molecule has 1 N–H and O–H groups in total. The summed E-state index contributed by atoms with van der Waals surface area (Å²) >= 11 is 0. The second-order valence-electron chi connectivity index (χ2n) is 7.29. The molecular weight excluding hydrogens is 424 g/mol. The zero-order valence-corrected chi connectivity index (χ0v) is 17.8. The largest absolute Gasteiger partial charge is 0.484 e. The lowest BCUT2D eigenvalue weighted by molar-refractivity contribution is -0.384. The average molecular weight is 442 g/mol. The molecule has 0 aliphatic heterocycles. The van der Waals surface area contributed by atoms with E-state index >= 15 is 0 Å². The average Bonchev–Trinajstić information content (AvgIpc) is 3.21. The lowest BCUT2D eigenvalue weighted by atomic mass is 10.1. The number of anilines is 1. The van der Waals surface area contributed by atoms with Gasteiger partial charge >= 0.3 is 0 Å². The van der Waals surface area contributed by atoms with Crippen molar-refractivity contribution < 1.29 is 14.5 Å². The van der Waals surface area contributed by atoms with Crippen molar-refractivity contribution in [1.82, 2.24) is 14.8 Å². The second kappa shape index (κ2) is 8.76. The third kappa shape index (κ3) is 4.33.